The van der Waals surface area contributed by atoms with Gasteiger partial charge in [-0.2, -0.15) is 0 Å². The molecule has 0 aliphatic heterocycles. The summed E-state index contributed by atoms with van der Waals surface area (Å²) in [5.74, 6) is 2.05. The Labute approximate surface area is 132 Å². The average Bonchev–Trinajstić information content (AvgIpc) is 2.82. The highest BCUT2D eigenvalue weighted by Crippen LogP contribution is 2.61. The summed E-state index contributed by atoms with van der Waals surface area (Å²) in [5.41, 5.74) is 3.37. The van der Waals surface area contributed by atoms with E-state index in [1.807, 2.05) is 0 Å². The van der Waals surface area contributed by atoms with Crippen molar-refractivity contribution in [3.05, 3.63) is 28.8 Å². The van der Waals surface area contributed by atoms with E-state index in [4.69, 9.17) is 0 Å². The first-order valence-electron chi connectivity index (χ1n) is 8.69. The summed E-state index contributed by atoms with van der Waals surface area (Å²) in [5, 5.41) is 30.0. The fraction of sp³-hybridized carbons (Fsp3) is 0.684. The molecule has 3 N–H and O–H groups in total. The Balaban J connectivity index is 1.74. The molecule has 2 saturated carbocycles. The topological polar surface area (TPSA) is 60.7 Å². The standard InChI is InChI=1S/C19H26O3/c1-19-9-8-13-11-4-6-17(21)15(10-20)12(11)2-3-14(13)16(19)5-7-18(19)22/h4,6,13-14,16,18,20-22H,2-3,5,7-10H2,1H3/t13-,14-,16+,18+,19+/m1/s1. The van der Waals surface area contributed by atoms with Gasteiger partial charge >= 0.3 is 0 Å². The zero-order valence-corrected chi connectivity index (χ0v) is 13.3. The van der Waals surface area contributed by atoms with Gasteiger partial charge in [0.2, 0.25) is 0 Å². The third kappa shape index (κ3) is 1.82. The number of aliphatic hydroxyl groups excluding tert-OH is 2. The van der Waals surface area contributed by atoms with Crippen molar-refractivity contribution in [2.24, 2.45) is 17.3 Å². The number of phenols is 1. The SMILES string of the molecule is C[C@]12CC[C@@H]3c4ccc(O)c(CO)c4CC[C@H]3[C@@H]1CC[C@@H]2O. The fourth-order valence-corrected chi connectivity index (χ4v) is 5.88. The number of rotatable bonds is 1. The molecule has 0 amide bonds. The van der Waals surface area contributed by atoms with Crippen molar-refractivity contribution in [1.29, 1.82) is 0 Å². The third-order valence-corrected chi connectivity index (χ3v) is 7.12. The summed E-state index contributed by atoms with van der Waals surface area (Å²) < 4.78 is 0. The lowest BCUT2D eigenvalue weighted by atomic mass is 9.55. The van der Waals surface area contributed by atoms with Gasteiger partial charge in [-0.15, -0.1) is 0 Å². The van der Waals surface area contributed by atoms with Crippen molar-refractivity contribution < 1.29 is 15.3 Å². The Bertz CT molecular complexity index is 597. The molecule has 120 valence electrons. The second kappa shape index (κ2) is 4.97. The van der Waals surface area contributed by atoms with E-state index in [0.717, 1.165) is 44.1 Å². The summed E-state index contributed by atoms with van der Waals surface area (Å²) in [7, 11) is 0. The predicted molar refractivity (Wildman–Crippen MR) is 84.7 cm³/mol. The predicted octanol–water partition coefficient (Wildman–Crippen LogP) is 3.10. The maximum absolute atomic E-state index is 10.4. The molecule has 1 aromatic carbocycles. The molecular formula is C19H26O3. The molecule has 22 heavy (non-hydrogen) atoms. The van der Waals surface area contributed by atoms with Crippen LogP contribution in [0.25, 0.3) is 0 Å². The van der Waals surface area contributed by atoms with Crippen LogP contribution >= 0.6 is 0 Å². The van der Waals surface area contributed by atoms with E-state index in [2.05, 4.69) is 13.0 Å². The Morgan fingerprint density at radius 3 is 2.77 bits per heavy atom. The first-order valence-corrected chi connectivity index (χ1v) is 8.69. The van der Waals surface area contributed by atoms with Crippen LogP contribution in [0.1, 0.15) is 61.6 Å². The van der Waals surface area contributed by atoms with E-state index < -0.39 is 0 Å². The number of aliphatic hydroxyl groups is 2. The summed E-state index contributed by atoms with van der Waals surface area (Å²) >= 11 is 0. The molecule has 5 atom stereocenters. The molecule has 2 fully saturated rings. The van der Waals surface area contributed by atoms with Crippen molar-refractivity contribution in [2.45, 2.75) is 64.1 Å². The number of hydrogen-bond donors (Lipinski definition) is 3. The minimum absolute atomic E-state index is 0.0771. The van der Waals surface area contributed by atoms with Crippen LogP contribution < -0.4 is 0 Å². The van der Waals surface area contributed by atoms with E-state index in [1.165, 1.54) is 11.1 Å². The Morgan fingerprint density at radius 1 is 1.18 bits per heavy atom. The smallest absolute Gasteiger partial charge is 0.121 e. The van der Waals surface area contributed by atoms with Crippen LogP contribution in [-0.4, -0.2) is 21.4 Å². The summed E-state index contributed by atoms with van der Waals surface area (Å²) in [6.45, 7) is 2.21. The second-order valence-electron chi connectivity index (χ2n) is 7.84. The molecule has 3 heteroatoms. The van der Waals surface area contributed by atoms with E-state index in [0.29, 0.717) is 17.8 Å². The zero-order chi connectivity index (χ0) is 15.5. The lowest BCUT2D eigenvalue weighted by Crippen LogP contribution is -2.44. The van der Waals surface area contributed by atoms with Gasteiger partial charge in [-0.25, -0.2) is 0 Å². The van der Waals surface area contributed by atoms with Crippen LogP contribution in [-0.2, 0) is 13.0 Å². The molecule has 0 radical (unpaired) electrons. The van der Waals surface area contributed by atoms with E-state index in [-0.39, 0.29) is 23.9 Å². The van der Waals surface area contributed by atoms with E-state index in [9.17, 15) is 15.3 Å². The van der Waals surface area contributed by atoms with Gasteiger partial charge in [0.25, 0.3) is 0 Å². The lowest BCUT2D eigenvalue weighted by molar-refractivity contribution is -0.0227. The Morgan fingerprint density at radius 2 is 2.00 bits per heavy atom. The minimum atomic E-state index is -0.132. The van der Waals surface area contributed by atoms with Gasteiger partial charge in [0.1, 0.15) is 5.75 Å². The van der Waals surface area contributed by atoms with Crippen LogP contribution in [0.15, 0.2) is 12.1 Å². The highest BCUT2D eigenvalue weighted by molar-refractivity contribution is 5.47. The molecule has 3 aliphatic rings. The van der Waals surface area contributed by atoms with Crippen LogP contribution in [0.4, 0.5) is 0 Å². The highest BCUT2D eigenvalue weighted by atomic mass is 16.3. The normalized spacial score (nSPS) is 40.0. The van der Waals surface area contributed by atoms with Gasteiger partial charge in [-0.05, 0) is 78.9 Å². The molecule has 0 bridgehead atoms. The van der Waals surface area contributed by atoms with Crippen LogP contribution in [0.5, 0.6) is 5.75 Å². The zero-order valence-electron chi connectivity index (χ0n) is 13.3. The number of aromatic hydroxyl groups is 1. The van der Waals surface area contributed by atoms with Crippen molar-refractivity contribution in [2.75, 3.05) is 0 Å². The Hall–Kier alpha value is -1.06. The van der Waals surface area contributed by atoms with Crippen LogP contribution in [0.2, 0.25) is 0 Å². The number of hydrogen-bond acceptors (Lipinski definition) is 3. The first kappa shape index (κ1) is 14.5. The molecule has 0 aromatic heterocycles. The first-order chi connectivity index (χ1) is 10.6. The molecule has 0 saturated heterocycles. The molecule has 1 aromatic rings. The lowest BCUT2D eigenvalue weighted by Gasteiger charge is -2.50. The average molecular weight is 302 g/mol. The number of fused-ring (bicyclic) bond motifs is 5. The highest BCUT2D eigenvalue weighted by Gasteiger charge is 2.54. The molecule has 4 rings (SSSR count). The molecular weight excluding hydrogens is 276 g/mol. The third-order valence-electron chi connectivity index (χ3n) is 7.12. The second-order valence-corrected chi connectivity index (χ2v) is 7.84. The monoisotopic (exact) mass is 302 g/mol. The van der Waals surface area contributed by atoms with Gasteiger partial charge in [0.05, 0.1) is 12.7 Å². The summed E-state index contributed by atoms with van der Waals surface area (Å²) in [6, 6.07) is 3.83. The largest absolute Gasteiger partial charge is 0.508 e. The minimum Gasteiger partial charge on any atom is -0.508 e. The van der Waals surface area contributed by atoms with E-state index >= 15 is 0 Å². The fourth-order valence-electron chi connectivity index (χ4n) is 5.88. The molecule has 3 aliphatic carbocycles. The van der Waals surface area contributed by atoms with Gasteiger partial charge in [-0.3, -0.25) is 0 Å². The quantitative estimate of drug-likeness (QED) is 0.747. The van der Waals surface area contributed by atoms with Crippen molar-refractivity contribution in [3.63, 3.8) is 0 Å². The summed E-state index contributed by atoms with van der Waals surface area (Å²) in [4.78, 5) is 0. The van der Waals surface area contributed by atoms with Gasteiger partial charge in [-0.1, -0.05) is 13.0 Å². The molecule has 0 unspecified atom stereocenters. The van der Waals surface area contributed by atoms with Crippen LogP contribution in [0.3, 0.4) is 0 Å². The van der Waals surface area contributed by atoms with Crippen molar-refractivity contribution >= 4 is 0 Å². The summed E-state index contributed by atoms with van der Waals surface area (Å²) in [6.07, 6.45) is 6.26. The molecule has 0 heterocycles. The maximum Gasteiger partial charge on any atom is 0.121 e. The van der Waals surface area contributed by atoms with Crippen molar-refractivity contribution in [3.8, 4) is 5.75 Å². The Kier molecular flexibility index (Phi) is 3.28. The van der Waals surface area contributed by atoms with Gasteiger partial charge in [0.15, 0.2) is 0 Å². The molecule has 0 spiro atoms. The molecule has 3 nitrogen and oxygen atoms in total. The van der Waals surface area contributed by atoms with Crippen molar-refractivity contribution in [1.82, 2.24) is 0 Å². The van der Waals surface area contributed by atoms with Crippen LogP contribution in [0, 0.1) is 17.3 Å². The van der Waals surface area contributed by atoms with Gasteiger partial charge in [0, 0.05) is 5.56 Å². The maximum atomic E-state index is 10.4. The van der Waals surface area contributed by atoms with E-state index in [1.54, 1.807) is 6.07 Å². The number of benzene rings is 1. The van der Waals surface area contributed by atoms with Gasteiger partial charge < -0.3 is 15.3 Å².